The molecular weight excluding hydrogens is 314 g/mol. The molecule has 1 heteroatoms. The molecule has 0 bridgehead atoms. The van der Waals surface area contributed by atoms with Crippen LogP contribution in [0.2, 0.25) is 0 Å². The smallest absolute Gasteiger partial charge is 0.0991 e. The molecule has 0 spiro atoms. The topological polar surface area (TPSA) is 23.8 Å². The van der Waals surface area contributed by atoms with Gasteiger partial charge < -0.3 is 0 Å². The molecule has 0 saturated carbocycles. The maximum atomic E-state index is 9.03. The standard InChI is InChI=1S/C25H31N/c1-17(2)20-11-12-22-23(14-20)25(5,6)21(15-24(22,3)4)13-18-7-9-19(16-26)10-8-18/h7-12,14,17,21H,13,15H2,1-6H3. The minimum absolute atomic E-state index is 0.143. The van der Waals surface area contributed by atoms with Gasteiger partial charge in [0.25, 0.3) is 0 Å². The number of hydrogen-bond acceptors (Lipinski definition) is 1. The summed E-state index contributed by atoms with van der Waals surface area (Å²) in [6, 6.07) is 17.5. The van der Waals surface area contributed by atoms with Gasteiger partial charge in [-0.1, -0.05) is 71.9 Å². The fraction of sp³-hybridized carbons (Fsp3) is 0.480. The lowest BCUT2D eigenvalue weighted by Gasteiger charge is -2.48. The Kier molecular flexibility index (Phi) is 4.74. The van der Waals surface area contributed by atoms with Crippen LogP contribution in [0, 0.1) is 17.2 Å². The number of benzene rings is 2. The lowest BCUT2D eigenvalue weighted by Crippen LogP contribution is -2.42. The molecule has 2 aromatic rings. The third kappa shape index (κ3) is 3.30. The Morgan fingerprint density at radius 3 is 2.23 bits per heavy atom. The molecule has 0 aliphatic heterocycles. The van der Waals surface area contributed by atoms with Crippen LogP contribution in [0.3, 0.4) is 0 Å². The second-order valence-electron chi connectivity index (χ2n) is 9.48. The minimum Gasteiger partial charge on any atom is -0.192 e. The van der Waals surface area contributed by atoms with Crippen LogP contribution < -0.4 is 0 Å². The molecule has 1 nitrogen and oxygen atoms in total. The predicted molar refractivity (Wildman–Crippen MR) is 110 cm³/mol. The Hall–Kier alpha value is -2.07. The van der Waals surface area contributed by atoms with Gasteiger partial charge in [0.1, 0.15) is 0 Å². The van der Waals surface area contributed by atoms with E-state index in [1.165, 1.54) is 28.7 Å². The number of nitriles is 1. The molecule has 3 rings (SSSR count). The molecule has 1 atom stereocenters. The van der Waals surface area contributed by atoms with E-state index in [9.17, 15) is 0 Å². The summed E-state index contributed by atoms with van der Waals surface area (Å²) in [4.78, 5) is 0. The van der Waals surface area contributed by atoms with E-state index in [0.717, 1.165) is 12.0 Å². The molecule has 0 amide bonds. The highest BCUT2D eigenvalue weighted by Crippen LogP contribution is 2.50. The number of hydrogen-bond donors (Lipinski definition) is 0. The van der Waals surface area contributed by atoms with Gasteiger partial charge in [0.05, 0.1) is 11.6 Å². The van der Waals surface area contributed by atoms with E-state index in [0.29, 0.717) is 11.8 Å². The van der Waals surface area contributed by atoms with Crippen molar-refractivity contribution in [2.75, 3.05) is 0 Å². The van der Waals surface area contributed by atoms with Crippen molar-refractivity contribution < 1.29 is 0 Å². The molecule has 26 heavy (non-hydrogen) atoms. The van der Waals surface area contributed by atoms with Gasteiger partial charge in [-0.3, -0.25) is 0 Å². The van der Waals surface area contributed by atoms with Crippen LogP contribution >= 0.6 is 0 Å². The van der Waals surface area contributed by atoms with Crippen LogP contribution in [-0.2, 0) is 17.3 Å². The molecule has 0 fully saturated rings. The monoisotopic (exact) mass is 345 g/mol. The fourth-order valence-electron chi connectivity index (χ4n) is 4.57. The first-order valence-corrected chi connectivity index (χ1v) is 9.79. The normalized spacial score (nSPS) is 20.5. The number of rotatable bonds is 3. The Balaban J connectivity index is 2.00. The van der Waals surface area contributed by atoms with Gasteiger partial charge in [0.2, 0.25) is 0 Å². The van der Waals surface area contributed by atoms with E-state index in [4.69, 9.17) is 5.26 Å². The van der Waals surface area contributed by atoms with E-state index < -0.39 is 0 Å². The van der Waals surface area contributed by atoms with Gasteiger partial charge in [-0.2, -0.15) is 5.26 Å². The lowest BCUT2D eigenvalue weighted by atomic mass is 9.56. The van der Waals surface area contributed by atoms with E-state index in [-0.39, 0.29) is 10.8 Å². The van der Waals surface area contributed by atoms with Crippen molar-refractivity contribution in [1.82, 2.24) is 0 Å². The summed E-state index contributed by atoms with van der Waals surface area (Å²) in [6.07, 6.45) is 2.25. The molecule has 1 aliphatic carbocycles. The second kappa shape index (κ2) is 6.58. The molecule has 136 valence electrons. The van der Waals surface area contributed by atoms with E-state index in [1.54, 1.807) is 0 Å². The van der Waals surface area contributed by atoms with E-state index >= 15 is 0 Å². The summed E-state index contributed by atoms with van der Waals surface area (Å²) in [5.74, 6) is 1.14. The summed E-state index contributed by atoms with van der Waals surface area (Å²) in [7, 11) is 0. The summed E-state index contributed by atoms with van der Waals surface area (Å²) < 4.78 is 0. The van der Waals surface area contributed by atoms with Gasteiger partial charge >= 0.3 is 0 Å². The first-order valence-electron chi connectivity index (χ1n) is 9.79. The van der Waals surface area contributed by atoms with Gasteiger partial charge in [-0.15, -0.1) is 0 Å². The Morgan fingerprint density at radius 1 is 1.00 bits per heavy atom. The Morgan fingerprint density at radius 2 is 1.65 bits per heavy atom. The van der Waals surface area contributed by atoms with Crippen LogP contribution in [0.1, 0.15) is 81.7 Å². The zero-order valence-electron chi connectivity index (χ0n) is 17.1. The third-order valence-corrected chi connectivity index (χ3v) is 6.48. The summed E-state index contributed by atoms with van der Waals surface area (Å²) in [5.41, 5.74) is 6.89. The van der Waals surface area contributed by atoms with Crippen molar-refractivity contribution >= 4 is 0 Å². The highest BCUT2D eigenvalue weighted by molar-refractivity contribution is 5.45. The third-order valence-electron chi connectivity index (χ3n) is 6.48. The van der Waals surface area contributed by atoms with Gasteiger partial charge in [-0.05, 0) is 69.9 Å². The van der Waals surface area contributed by atoms with Crippen molar-refractivity contribution in [3.05, 3.63) is 70.3 Å². The maximum absolute atomic E-state index is 9.03. The average molecular weight is 346 g/mol. The highest BCUT2D eigenvalue weighted by Gasteiger charge is 2.43. The lowest BCUT2D eigenvalue weighted by molar-refractivity contribution is 0.213. The predicted octanol–water partition coefficient (Wildman–Crippen LogP) is 6.50. The number of nitrogens with zero attached hydrogens (tertiary/aromatic N) is 1. The van der Waals surface area contributed by atoms with Crippen LogP contribution in [0.5, 0.6) is 0 Å². The van der Waals surface area contributed by atoms with Crippen molar-refractivity contribution in [2.24, 2.45) is 5.92 Å². The molecule has 2 aromatic carbocycles. The zero-order chi connectivity index (χ0) is 19.1. The molecule has 1 unspecified atom stereocenters. The zero-order valence-corrected chi connectivity index (χ0v) is 17.1. The van der Waals surface area contributed by atoms with Gasteiger partial charge in [0.15, 0.2) is 0 Å². The first kappa shape index (κ1) is 18.7. The van der Waals surface area contributed by atoms with Gasteiger partial charge in [0, 0.05) is 0 Å². The molecular formula is C25H31N. The molecule has 0 radical (unpaired) electrons. The largest absolute Gasteiger partial charge is 0.192 e. The molecule has 0 heterocycles. The fourth-order valence-corrected chi connectivity index (χ4v) is 4.57. The van der Waals surface area contributed by atoms with Crippen molar-refractivity contribution in [1.29, 1.82) is 5.26 Å². The SMILES string of the molecule is CC(C)c1ccc2c(c1)C(C)(C)C(Cc1ccc(C#N)cc1)CC2(C)C. The van der Waals surface area contributed by atoms with Crippen LogP contribution in [0.15, 0.2) is 42.5 Å². The average Bonchev–Trinajstić information content (AvgIpc) is 2.60. The van der Waals surface area contributed by atoms with Crippen LogP contribution in [-0.4, -0.2) is 0 Å². The molecule has 0 aromatic heterocycles. The van der Waals surface area contributed by atoms with E-state index in [1.807, 2.05) is 12.1 Å². The Labute approximate surface area is 159 Å². The molecule has 0 saturated heterocycles. The first-order chi connectivity index (χ1) is 12.1. The van der Waals surface area contributed by atoms with Crippen molar-refractivity contribution in [3.8, 4) is 6.07 Å². The van der Waals surface area contributed by atoms with Crippen LogP contribution in [0.4, 0.5) is 0 Å². The molecule has 0 N–H and O–H groups in total. The van der Waals surface area contributed by atoms with E-state index in [2.05, 4.69) is 77.9 Å². The quantitative estimate of drug-likeness (QED) is 0.623. The maximum Gasteiger partial charge on any atom is 0.0991 e. The second-order valence-corrected chi connectivity index (χ2v) is 9.48. The van der Waals surface area contributed by atoms with Crippen LogP contribution in [0.25, 0.3) is 0 Å². The minimum atomic E-state index is 0.143. The number of fused-ring (bicyclic) bond motifs is 1. The molecule has 1 aliphatic rings. The van der Waals surface area contributed by atoms with Crippen molar-refractivity contribution in [3.63, 3.8) is 0 Å². The van der Waals surface area contributed by atoms with Gasteiger partial charge in [-0.25, -0.2) is 0 Å². The summed E-state index contributed by atoms with van der Waals surface area (Å²) in [6.45, 7) is 14.2. The summed E-state index contributed by atoms with van der Waals surface area (Å²) >= 11 is 0. The summed E-state index contributed by atoms with van der Waals surface area (Å²) in [5, 5.41) is 9.03. The highest BCUT2D eigenvalue weighted by atomic mass is 14.5. The Bertz CT molecular complexity index is 831. The van der Waals surface area contributed by atoms with Crippen molar-refractivity contribution in [2.45, 2.75) is 71.1 Å².